The molecule has 0 heterocycles. The lowest BCUT2D eigenvalue weighted by molar-refractivity contribution is 1.11. The van der Waals surface area contributed by atoms with Crippen molar-refractivity contribution >= 4 is 11.4 Å². The molecule has 0 saturated carbocycles. The third-order valence-electron chi connectivity index (χ3n) is 2.42. The molecule has 0 saturated heterocycles. The number of rotatable bonds is 3. The van der Waals surface area contributed by atoms with Crippen molar-refractivity contribution in [1.29, 1.82) is 0 Å². The van der Waals surface area contributed by atoms with Gasteiger partial charge in [0.25, 0.3) is 0 Å². The molecule has 0 unspecified atom stereocenters. The summed E-state index contributed by atoms with van der Waals surface area (Å²) < 4.78 is 0. The highest BCUT2D eigenvalue weighted by Gasteiger charge is 2.07. The fraction of sp³-hybridized carbons (Fsp3) is 0.333. The maximum atomic E-state index is 6.04. The van der Waals surface area contributed by atoms with E-state index >= 15 is 0 Å². The summed E-state index contributed by atoms with van der Waals surface area (Å²) in [7, 11) is 1.86. The molecule has 14 heavy (non-hydrogen) atoms. The first-order valence-electron chi connectivity index (χ1n) is 4.86. The van der Waals surface area contributed by atoms with E-state index in [4.69, 9.17) is 5.73 Å². The second-order valence-electron chi connectivity index (χ2n) is 3.47. The van der Waals surface area contributed by atoms with Gasteiger partial charge in [-0.15, -0.1) is 0 Å². The van der Waals surface area contributed by atoms with Crippen molar-refractivity contribution in [3.63, 3.8) is 0 Å². The minimum atomic E-state index is 0.845. The summed E-state index contributed by atoms with van der Waals surface area (Å²) in [5.74, 6) is 0. The van der Waals surface area contributed by atoms with E-state index in [-0.39, 0.29) is 0 Å². The van der Waals surface area contributed by atoms with E-state index in [0.717, 1.165) is 23.4 Å². The van der Waals surface area contributed by atoms with Crippen molar-refractivity contribution in [2.24, 2.45) is 0 Å². The normalized spacial score (nSPS) is 9.93. The summed E-state index contributed by atoms with van der Waals surface area (Å²) >= 11 is 0. The molecule has 0 fully saturated rings. The Morgan fingerprint density at radius 1 is 1.50 bits per heavy atom. The number of aryl methyl sites for hydroxylation is 2. The Hall–Kier alpha value is -1.44. The number of anilines is 1. The molecule has 0 bridgehead atoms. The Morgan fingerprint density at radius 3 is 2.64 bits per heavy atom. The van der Waals surface area contributed by atoms with E-state index in [1.54, 1.807) is 0 Å². The number of benzene rings is 1. The van der Waals surface area contributed by atoms with Gasteiger partial charge < -0.3 is 11.1 Å². The minimum Gasteiger partial charge on any atom is -0.398 e. The van der Waals surface area contributed by atoms with Gasteiger partial charge in [0.1, 0.15) is 0 Å². The van der Waals surface area contributed by atoms with Gasteiger partial charge in [-0.3, -0.25) is 0 Å². The summed E-state index contributed by atoms with van der Waals surface area (Å²) in [5, 5.41) is 3.03. The number of nitrogens with two attached hydrogens (primary N) is 1. The van der Waals surface area contributed by atoms with E-state index in [0.29, 0.717) is 0 Å². The third kappa shape index (κ3) is 1.90. The largest absolute Gasteiger partial charge is 0.398 e. The zero-order valence-electron chi connectivity index (χ0n) is 9.15. The number of nitrogens with one attached hydrogen (secondary N) is 1. The smallest absolute Gasteiger partial charge is 0.0441 e. The van der Waals surface area contributed by atoms with E-state index in [9.17, 15) is 0 Å². The molecule has 1 aromatic carbocycles. The average molecular weight is 190 g/mol. The van der Waals surface area contributed by atoms with Crippen molar-refractivity contribution in [3.05, 3.63) is 35.4 Å². The molecule has 0 aliphatic carbocycles. The fourth-order valence-corrected chi connectivity index (χ4v) is 1.55. The monoisotopic (exact) mass is 190 g/mol. The lowest BCUT2D eigenvalue weighted by Gasteiger charge is -2.13. The molecule has 0 atom stereocenters. The lowest BCUT2D eigenvalue weighted by atomic mass is 10.00. The molecule has 0 aromatic heterocycles. The van der Waals surface area contributed by atoms with E-state index in [2.05, 4.69) is 37.9 Å². The molecule has 2 nitrogen and oxygen atoms in total. The Labute approximate surface area is 85.8 Å². The van der Waals surface area contributed by atoms with Crippen molar-refractivity contribution < 1.29 is 0 Å². The highest BCUT2D eigenvalue weighted by atomic mass is 14.8. The van der Waals surface area contributed by atoms with Crippen molar-refractivity contribution in [3.8, 4) is 0 Å². The van der Waals surface area contributed by atoms with Crippen LogP contribution in [0.15, 0.2) is 18.7 Å². The van der Waals surface area contributed by atoms with Crippen LogP contribution in [0.5, 0.6) is 0 Å². The number of hydrogen-bond donors (Lipinski definition) is 2. The number of nitrogen functional groups attached to an aromatic ring is 1. The second-order valence-corrected chi connectivity index (χ2v) is 3.47. The van der Waals surface area contributed by atoms with E-state index in [1.165, 1.54) is 11.1 Å². The van der Waals surface area contributed by atoms with Gasteiger partial charge in [0.15, 0.2) is 0 Å². The van der Waals surface area contributed by atoms with Gasteiger partial charge in [0.2, 0.25) is 0 Å². The third-order valence-corrected chi connectivity index (χ3v) is 2.42. The highest BCUT2D eigenvalue weighted by Crippen LogP contribution is 2.24. The van der Waals surface area contributed by atoms with Gasteiger partial charge in [-0.05, 0) is 25.0 Å². The van der Waals surface area contributed by atoms with Crippen LogP contribution in [0.25, 0.3) is 5.70 Å². The van der Waals surface area contributed by atoms with E-state index in [1.807, 2.05) is 7.05 Å². The predicted octanol–water partition coefficient (Wildman–Crippen LogP) is 2.33. The van der Waals surface area contributed by atoms with Crippen molar-refractivity contribution in [1.82, 2.24) is 5.32 Å². The van der Waals surface area contributed by atoms with Gasteiger partial charge >= 0.3 is 0 Å². The zero-order chi connectivity index (χ0) is 10.7. The first-order chi connectivity index (χ1) is 6.60. The molecular weight excluding hydrogens is 172 g/mol. The first kappa shape index (κ1) is 10.6. The van der Waals surface area contributed by atoms with Gasteiger partial charge in [-0.25, -0.2) is 0 Å². The van der Waals surface area contributed by atoms with Crippen LogP contribution in [0.4, 0.5) is 5.69 Å². The topological polar surface area (TPSA) is 38.0 Å². The average Bonchev–Trinajstić information content (AvgIpc) is 2.19. The molecule has 1 rings (SSSR count). The molecule has 76 valence electrons. The standard InChI is InChI=1S/C12H18N2/c1-5-10-6-8(2)7-11(12(10)13)9(3)14-4/h6-7,14H,3,5,13H2,1-2,4H3. The Bertz CT molecular complexity index is 354. The minimum absolute atomic E-state index is 0.845. The van der Waals surface area contributed by atoms with Gasteiger partial charge in [-0.2, -0.15) is 0 Å². The predicted molar refractivity (Wildman–Crippen MR) is 63.1 cm³/mol. The Kier molecular flexibility index (Phi) is 3.18. The molecule has 1 aromatic rings. The SMILES string of the molecule is C=C(NC)c1cc(C)cc(CC)c1N. The highest BCUT2D eigenvalue weighted by molar-refractivity contribution is 5.75. The maximum Gasteiger partial charge on any atom is 0.0441 e. The van der Waals surface area contributed by atoms with Crippen LogP contribution >= 0.6 is 0 Å². The molecule has 0 aliphatic rings. The first-order valence-corrected chi connectivity index (χ1v) is 4.86. The zero-order valence-corrected chi connectivity index (χ0v) is 9.15. The summed E-state index contributed by atoms with van der Waals surface area (Å²) in [6, 6.07) is 4.19. The fourth-order valence-electron chi connectivity index (χ4n) is 1.55. The van der Waals surface area contributed by atoms with Gasteiger partial charge in [0.05, 0.1) is 0 Å². The molecule has 0 amide bonds. The van der Waals surface area contributed by atoms with Gasteiger partial charge in [-0.1, -0.05) is 25.1 Å². The summed E-state index contributed by atoms with van der Waals surface area (Å²) in [5.41, 5.74) is 11.2. The lowest BCUT2D eigenvalue weighted by Crippen LogP contribution is -2.07. The van der Waals surface area contributed by atoms with Crippen LogP contribution in [0.2, 0.25) is 0 Å². The Balaban J connectivity index is 3.29. The van der Waals surface area contributed by atoms with Crippen molar-refractivity contribution in [2.75, 3.05) is 12.8 Å². The maximum absolute atomic E-state index is 6.04. The molecule has 3 N–H and O–H groups in total. The van der Waals surface area contributed by atoms with Crippen LogP contribution in [-0.2, 0) is 6.42 Å². The number of hydrogen-bond acceptors (Lipinski definition) is 2. The van der Waals surface area contributed by atoms with Crippen LogP contribution in [-0.4, -0.2) is 7.05 Å². The quantitative estimate of drug-likeness (QED) is 0.718. The van der Waals surface area contributed by atoms with Gasteiger partial charge in [0, 0.05) is 24.0 Å². The molecule has 2 heteroatoms. The van der Waals surface area contributed by atoms with Crippen molar-refractivity contribution in [2.45, 2.75) is 20.3 Å². The van der Waals surface area contributed by atoms with E-state index < -0.39 is 0 Å². The molecule has 0 spiro atoms. The van der Waals surface area contributed by atoms with Crippen LogP contribution in [0, 0.1) is 6.92 Å². The molecule has 0 radical (unpaired) electrons. The van der Waals surface area contributed by atoms with Crippen LogP contribution in [0.3, 0.4) is 0 Å². The summed E-state index contributed by atoms with van der Waals surface area (Å²) in [4.78, 5) is 0. The second kappa shape index (κ2) is 4.18. The van der Waals surface area contributed by atoms with Crippen LogP contribution < -0.4 is 11.1 Å². The summed E-state index contributed by atoms with van der Waals surface area (Å²) in [6.45, 7) is 8.11. The molecular formula is C12H18N2. The Morgan fingerprint density at radius 2 is 2.14 bits per heavy atom. The summed E-state index contributed by atoms with van der Waals surface area (Å²) in [6.07, 6.45) is 0.956. The molecule has 0 aliphatic heterocycles. The van der Waals surface area contributed by atoms with Crippen LogP contribution in [0.1, 0.15) is 23.6 Å².